The summed E-state index contributed by atoms with van der Waals surface area (Å²) in [5.41, 5.74) is 2.68. The molecule has 0 bridgehead atoms. The summed E-state index contributed by atoms with van der Waals surface area (Å²) >= 11 is 0. The number of nitrogens with zero attached hydrogens (tertiary/aromatic N) is 1. The maximum absolute atomic E-state index is 2.47. The van der Waals surface area contributed by atoms with Crippen LogP contribution in [0.4, 0.5) is 5.69 Å². The second-order valence-electron chi connectivity index (χ2n) is 5.43. The minimum atomic E-state index is 0.738. The number of hydrogen-bond acceptors (Lipinski definition) is 1. The van der Waals surface area contributed by atoms with E-state index in [0.29, 0.717) is 0 Å². The zero-order valence-electron chi connectivity index (χ0n) is 11.9. The van der Waals surface area contributed by atoms with Crippen LogP contribution in [0.3, 0.4) is 0 Å². The molecular formula is C18H23N. The zero-order chi connectivity index (χ0) is 13.5. The highest BCUT2D eigenvalue weighted by Crippen LogP contribution is 2.18. The van der Waals surface area contributed by atoms with Gasteiger partial charge in [0.1, 0.15) is 0 Å². The lowest BCUT2D eigenvalue weighted by Crippen LogP contribution is -2.24. The molecule has 0 aliphatic rings. The molecule has 1 nitrogen and oxygen atoms in total. The van der Waals surface area contributed by atoms with Gasteiger partial charge in [0.25, 0.3) is 0 Å². The molecule has 100 valence electrons. The molecule has 2 rings (SSSR count). The Kier molecular flexibility index (Phi) is 5.02. The van der Waals surface area contributed by atoms with Gasteiger partial charge in [0.15, 0.2) is 0 Å². The van der Waals surface area contributed by atoms with Crippen LogP contribution in [0.15, 0.2) is 60.7 Å². The molecule has 0 N–H and O–H groups in total. The molecule has 2 aromatic rings. The first kappa shape index (κ1) is 13.7. The number of rotatable bonds is 6. The number of anilines is 1. The Bertz CT molecular complexity index is 462. The third kappa shape index (κ3) is 4.44. The Hall–Kier alpha value is -1.76. The van der Waals surface area contributed by atoms with Crippen molar-refractivity contribution in [1.29, 1.82) is 0 Å². The van der Waals surface area contributed by atoms with Crippen molar-refractivity contribution in [3.05, 3.63) is 66.2 Å². The standard InChI is InChI=1S/C18H23N/c1-16(2)13-14-19(18-11-7-4-8-12-18)15-17-9-5-3-6-10-17/h3-12,16H,13-15H2,1-2H3. The summed E-state index contributed by atoms with van der Waals surface area (Å²) < 4.78 is 0. The Morgan fingerprint density at radius 3 is 2.00 bits per heavy atom. The second kappa shape index (κ2) is 6.98. The van der Waals surface area contributed by atoms with Crippen LogP contribution in [0, 0.1) is 5.92 Å². The molecule has 0 fully saturated rings. The minimum Gasteiger partial charge on any atom is -0.367 e. The fraction of sp³-hybridized carbons (Fsp3) is 0.333. The lowest BCUT2D eigenvalue weighted by Gasteiger charge is -2.26. The van der Waals surface area contributed by atoms with Gasteiger partial charge in [0.2, 0.25) is 0 Å². The fourth-order valence-corrected chi connectivity index (χ4v) is 2.16. The molecule has 2 aromatic carbocycles. The molecule has 0 aromatic heterocycles. The normalized spacial score (nSPS) is 10.7. The summed E-state index contributed by atoms with van der Waals surface area (Å²) in [5.74, 6) is 0.738. The number of para-hydroxylation sites is 1. The van der Waals surface area contributed by atoms with E-state index in [2.05, 4.69) is 79.4 Å². The monoisotopic (exact) mass is 253 g/mol. The van der Waals surface area contributed by atoms with Crippen molar-refractivity contribution < 1.29 is 0 Å². The summed E-state index contributed by atoms with van der Waals surface area (Å²) in [6, 6.07) is 21.4. The molecule has 0 atom stereocenters. The van der Waals surface area contributed by atoms with E-state index in [1.165, 1.54) is 17.7 Å². The van der Waals surface area contributed by atoms with Crippen molar-refractivity contribution in [3.8, 4) is 0 Å². The van der Waals surface area contributed by atoms with Crippen LogP contribution in [0.1, 0.15) is 25.8 Å². The molecule has 0 unspecified atom stereocenters. The van der Waals surface area contributed by atoms with Gasteiger partial charge in [-0.2, -0.15) is 0 Å². The smallest absolute Gasteiger partial charge is 0.0429 e. The van der Waals surface area contributed by atoms with Gasteiger partial charge < -0.3 is 4.90 Å². The summed E-state index contributed by atoms with van der Waals surface area (Å²) in [6.07, 6.45) is 1.22. The molecule has 0 aliphatic heterocycles. The topological polar surface area (TPSA) is 3.24 Å². The van der Waals surface area contributed by atoms with E-state index in [0.717, 1.165) is 19.0 Å². The highest BCUT2D eigenvalue weighted by Gasteiger charge is 2.07. The maximum Gasteiger partial charge on any atom is 0.0429 e. The minimum absolute atomic E-state index is 0.738. The Morgan fingerprint density at radius 1 is 0.842 bits per heavy atom. The van der Waals surface area contributed by atoms with Crippen molar-refractivity contribution in [1.82, 2.24) is 0 Å². The van der Waals surface area contributed by atoms with Crippen LogP contribution in [0.5, 0.6) is 0 Å². The van der Waals surface area contributed by atoms with Gasteiger partial charge in [0.05, 0.1) is 0 Å². The second-order valence-corrected chi connectivity index (χ2v) is 5.43. The SMILES string of the molecule is CC(C)CCN(Cc1ccccc1)c1ccccc1. The molecule has 0 heterocycles. The van der Waals surface area contributed by atoms with Gasteiger partial charge in [-0.3, -0.25) is 0 Å². The van der Waals surface area contributed by atoms with Crippen molar-refractivity contribution in [3.63, 3.8) is 0 Å². The van der Waals surface area contributed by atoms with Crippen molar-refractivity contribution in [2.24, 2.45) is 5.92 Å². The lowest BCUT2D eigenvalue weighted by atomic mass is 10.1. The average Bonchev–Trinajstić information content (AvgIpc) is 2.45. The van der Waals surface area contributed by atoms with E-state index in [1.54, 1.807) is 0 Å². The highest BCUT2D eigenvalue weighted by molar-refractivity contribution is 5.46. The van der Waals surface area contributed by atoms with E-state index in [-0.39, 0.29) is 0 Å². The molecule has 0 spiro atoms. The first-order valence-corrected chi connectivity index (χ1v) is 7.09. The average molecular weight is 253 g/mol. The van der Waals surface area contributed by atoms with Crippen molar-refractivity contribution in [2.45, 2.75) is 26.8 Å². The summed E-state index contributed by atoms with van der Waals surface area (Å²) in [6.45, 7) is 6.66. The Labute approximate surface area is 116 Å². The molecule has 0 aliphatic carbocycles. The van der Waals surface area contributed by atoms with E-state index in [4.69, 9.17) is 0 Å². The van der Waals surface area contributed by atoms with Gasteiger partial charge in [-0.25, -0.2) is 0 Å². The van der Waals surface area contributed by atoms with Gasteiger partial charge in [-0.05, 0) is 30.0 Å². The van der Waals surface area contributed by atoms with Gasteiger partial charge in [0, 0.05) is 18.8 Å². The zero-order valence-corrected chi connectivity index (χ0v) is 11.9. The fourth-order valence-electron chi connectivity index (χ4n) is 2.16. The first-order chi connectivity index (χ1) is 9.25. The van der Waals surface area contributed by atoms with Crippen LogP contribution >= 0.6 is 0 Å². The van der Waals surface area contributed by atoms with E-state index < -0.39 is 0 Å². The predicted molar refractivity (Wildman–Crippen MR) is 83.4 cm³/mol. The highest BCUT2D eigenvalue weighted by atomic mass is 15.1. The lowest BCUT2D eigenvalue weighted by molar-refractivity contribution is 0.571. The molecule has 0 radical (unpaired) electrons. The molecule has 0 amide bonds. The van der Waals surface area contributed by atoms with Crippen LogP contribution < -0.4 is 4.90 Å². The molecule has 19 heavy (non-hydrogen) atoms. The third-order valence-corrected chi connectivity index (χ3v) is 3.31. The van der Waals surface area contributed by atoms with Crippen LogP contribution in [-0.2, 0) is 6.54 Å². The van der Waals surface area contributed by atoms with Crippen LogP contribution in [-0.4, -0.2) is 6.54 Å². The number of benzene rings is 2. The summed E-state index contributed by atoms with van der Waals surface area (Å²) in [7, 11) is 0. The third-order valence-electron chi connectivity index (χ3n) is 3.31. The summed E-state index contributed by atoms with van der Waals surface area (Å²) in [5, 5.41) is 0. The maximum atomic E-state index is 2.47. The Balaban J connectivity index is 2.10. The predicted octanol–water partition coefficient (Wildman–Crippen LogP) is 4.74. The molecule has 1 heteroatoms. The number of hydrogen-bond donors (Lipinski definition) is 0. The molecular weight excluding hydrogens is 230 g/mol. The van der Waals surface area contributed by atoms with Gasteiger partial charge in [-0.15, -0.1) is 0 Å². The molecule has 0 saturated heterocycles. The quantitative estimate of drug-likeness (QED) is 0.718. The Morgan fingerprint density at radius 2 is 1.42 bits per heavy atom. The molecule has 0 saturated carbocycles. The summed E-state index contributed by atoms with van der Waals surface area (Å²) in [4.78, 5) is 2.47. The van der Waals surface area contributed by atoms with Crippen molar-refractivity contribution >= 4 is 5.69 Å². The van der Waals surface area contributed by atoms with Crippen LogP contribution in [0.2, 0.25) is 0 Å². The van der Waals surface area contributed by atoms with E-state index in [9.17, 15) is 0 Å². The first-order valence-electron chi connectivity index (χ1n) is 7.09. The van der Waals surface area contributed by atoms with E-state index in [1.807, 2.05) is 0 Å². The van der Waals surface area contributed by atoms with E-state index >= 15 is 0 Å². The van der Waals surface area contributed by atoms with Crippen LogP contribution in [0.25, 0.3) is 0 Å². The van der Waals surface area contributed by atoms with Gasteiger partial charge >= 0.3 is 0 Å². The largest absolute Gasteiger partial charge is 0.367 e. The van der Waals surface area contributed by atoms with Gasteiger partial charge in [-0.1, -0.05) is 62.4 Å². The van der Waals surface area contributed by atoms with Crippen molar-refractivity contribution in [2.75, 3.05) is 11.4 Å².